The highest BCUT2D eigenvalue weighted by Gasteiger charge is 2.37. The smallest absolute Gasteiger partial charge is 0.322 e. The van der Waals surface area contributed by atoms with Gasteiger partial charge in [0.2, 0.25) is 0 Å². The van der Waals surface area contributed by atoms with Crippen molar-refractivity contribution in [3.63, 3.8) is 0 Å². The molecule has 2 aromatic carbocycles. The van der Waals surface area contributed by atoms with Crippen LogP contribution in [0.1, 0.15) is 17.2 Å². The van der Waals surface area contributed by atoms with Crippen LogP contribution in [0, 0.1) is 11.6 Å². The number of amides is 2. The Bertz CT molecular complexity index is 1150. The van der Waals surface area contributed by atoms with Gasteiger partial charge >= 0.3 is 6.03 Å². The van der Waals surface area contributed by atoms with Crippen molar-refractivity contribution in [3.05, 3.63) is 68.9 Å². The van der Waals surface area contributed by atoms with Crippen LogP contribution in [0.2, 0.25) is 4.34 Å². The molecule has 2 aliphatic heterocycles. The molecule has 1 saturated heterocycles. The first-order valence-electron chi connectivity index (χ1n) is 8.97. The third kappa shape index (κ3) is 3.10. The fraction of sp³-hybridized carbons (Fsp3) is 0.143. The number of benzene rings is 2. The van der Waals surface area contributed by atoms with E-state index in [9.17, 15) is 4.79 Å². The molecule has 8 heteroatoms. The first kappa shape index (κ1) is 18.3. The average Bonchev–Trinajstić information content (AvgIpc) is 3.40. The molecule has 0 bridgehead atoms. The molecule has 1 fully saturated rings. The van der Waals surface area contributed by atoms with Gasteiger partial charge in [-0.3, -0.25) is 9.89 Å². The Labute approximate surface area is 174 Å². The molecule has 1 unspecified atom stereocenters. The highest BCUT2D eigenvalue weighted by atomic mass is 35.5. The molecule has 2 aliphatic rings. The molecule has 5 rings (SSSR count). The normalized spacial score (nSPS) is 17.7. The van der Waals surface area contributed by atoms with E-state index in [0.717, 1.165) is 17.7 Å². The van der Waals surface area contributed by atoms with E-state index in [1.165, 1.54) is 28.4 Å². The monoisotopic (exact) mass is 429 g/mol. The molecule has 29 heavy (non-hydrogen) atoms. The first-order valence-corrected chi connectivity index (χ1v) is 10.2. The van der Waals surface area contributed by atoms with E-state index < -0.39 is 23.7 Å². The number of carbonyl (C=O) groups excluding carboxylic acids is 1. The lowest BCUT2D eigenvalue weighted by atomic mass is 9.99. The zero-order chi connectivity index (χ0) is 20.1. The first-order chi connectivity index (χ1) is 14.0. The van der Waals surface area contributed by atoms with Crippen molar-refractivity contribution in [1.82, 2.24) is 5.32 Å². The summed E-state index contributed by atoms with van der Waals surface area (Å²) in [7, 11) is 0. The van der Waals surface area contributed by atoms with Gasteiger partial charge in [-0.2, -0.15) is 0 Å². The van der Waals surface area contributed by atoms with Crippen LogP contribution in [0.25, 0.3) is 11.1 Å². The summed E-state index contributed by atoms with van der Waals surface area (Å²) in [4.78, 5) is 18.2. The second kappa shape index (κ2) is 6.93. The second-order valence-electron chi connectivity index (χ2n) is 6.89. The number of nitrogens with one attached hydrogen (secondary N) is 1. The molecule has 2 amide bonds. The molecule has 1 aromatic heterocycles. The van der Waals surface area contributed by atoms with Crippen LogP contribution in [0.5, 0.6) is 0 Å². The number of nitrogens with zero attached hydrogens (tertiary/aromatic N) is 2. The predicted octanol–water partition coefficient (Wildman–Crippen LogP) is 5.88. The highest BCUT2D eigenvalue weighted by molar-refractivity contribution is 7.14. The molecular formula is C21H14ClF2N3OS. The lowest BCUT2D eigenvalue weighted by Crippen LogP contribution is -2.30. The maximum atomic E-state index is 15.0. The van der Waals surface area contributed by atoms with E-state index in [-0.39, 0.29) is 12.1 Å². The molecule has 146 valence electrons. The van der Waals surface area contributed by atoms with Crippen LogP contribution < -0.4 is 10.2 Å². The van der Waals surface area contributed by atoms with Crippen LogP contribution in [-0.4, -0.2) is 18.8 Å². The predicted molar refractivity (Wildman–Crippen MR) is 112 cm³/mol. The summed E-state index contributed by atoms with van der Waals surface area (Å²) < 4.78 is 30.6. The van der Waals surface area contributed by atoms with E-state index in [2.05, 4.69) is 10.3 Å². The number of aliphatic imine (C=N–C) groups is 1. The number of halogens is 3. The Balaban J connectivity index is 1.55. The third-order valence-electron chi connectivity index (χ3n) is 5.18. The third-order valence-corrected chi connectivity index (χ3v) is 6.27. The van der Waals surface area contributed by atoms with Crippen LogP contribution >= 0.6 is 22.9 Å². The summed E-state index contributed by atoms with van der Waals surface area (Å²) in [5.41, 5.74) is 3.29. The van der Waals surface area contributed by atoms with Crippen molar-refractivity contribution in [2.24, 2.45) is 4.99 Å². The fourth-order valence-corrected chi connectivity index (χ4v) is 4.69. The molecule has 1 atom stereocenters. The summed E-state index contributed by atoms with van der Waals surface area (Å²) in [6.45, 7) is 0.108. The Morgan fingerprint density at radius 2 is 1.93 bits per heavy atom. The van der Waals surface area contributed by atoms with Gasteiger partial charge in [0.05, 0.1) is 16.1 Å². The Kier molecular flexibility index (Phi) is 4.37. The van der Waals surface area contributed by atoms with Gasteiger partial charge in [-0.15, -0.1) is 11.3 Å². The topological polar surface area (TPSA) is 44.7 Å². The van der Waals surface area contributed by atoms with Crippen molar-refractivity contribution in [2.45, 2.75) is 12.5 Å². The van der Waals surface area contributed by atoms with Crippen LogP contribution in [0.4, 0.5) is 25.0 Å². The maximum absolute atomic E-state index is 15.0. The minimum absolute atomic E-state index is 0.108. The molecule has 4 nitrogen and oxygen atoms in total. The van der Waals surface area contributed by atoms with Crippen LogP contribution in [-0.2, 0) is 6.42 Å². The van der Waals surface area contributed by atoms with Crippen LogP contribution in [0.3, 0.4) is 0 Å². The van der Waals surface area contributed by atoms with Crippen LogP contribution in [0.15, 0.2) is 46.8 Å². The zero-order valence-electron chi connectivity index (χ0n) is 15.0. The van der Waals surface area contributed by atoms with Gasteiger partial charge in [0, 0.05) is 35.8 Å². The van der Waals surface area contributed by atoms with E-state index in [1.54, 1.807) is 29.8 Å². The summed E-state index contributed by atoms with van der Waals surface area (Å²) in [6.07, 6.45) is 2.54. The number of urea groups is 1. The van der Waals surface area contributed by atoms with Gasteiger partial charge in [-0.1, -0.05) is 17.7 Å². The van der Waals surface area contributed by atoms with E-state index in [1.807, 2.05) is 6.07 Å². The summed E-state index contributed by atoms with van der Waals surface area (Å²) in [5.74, 6) is -1.40. The number of anilines is 1. The molecule has 0 saturated carbocycles. The number of fused-ring (bicyclic) bond motifs is 1. The van der Waals surface area contributed by atoms with Crippen molar-refractivity contribution < 1.29 is 13.6 Å². The van der Waals surface area contributed by atoms with Crippen molar-refractivity contribution in [3.8, 4) is 11.1 Å². The summed E-state index contributed by atoms with van der Waals surface area (Å²) in [6, 6.07) is 8.47. The van der Waals surface area contributed by atoms with E-state index in [0.29, 0.717) is 21.2 Å². The quantitative estimate of drug-likeness (QED) is 0.555. The number of hydrogen-bond donors (Lipinski definition) is 1. The highest BCUT2D eigenvalue weighted by Crippen LogP contribution is 2.38. The minimum Gasteiger partial charge on any atom is -0.335 e. The SMILES string of the molecule is O=C1NCC(c2c(F)cc(-c3csc(Cl)c3)cc2F)N1c1ccc2c(c1)N=CC2. The van der Waals surface area contributed by atoms with Crippen molar-refractivity contribution in [2.75, 3.05) is 11.4 Å². The number of thiophene rings is 1. The van der Waals surface area contributed by atoms with Gasteiger partial charge in [0.1, 0.15) is 11.6 Å². The summed E-state index contributed by atoms with van der Waals surface area (Å²) in [5, 5.41) is 4.43. The van der Waals surface area contributed by atoms with Gasteiger partial charge in [0.15, 0.2) is 0 Å². The summed E-state index contributed by atoms with van der Waals surface area (Å²) >= 11 is 7.23. The molecule has 0 spiro atoms. The van der Waals surface area contributed by atoms with E-state index in [4.69, 9.17) is 11.6 Å². The Hall–Kier alpha value is -2.77. The molecule has 0 aliphatic carbocycles. The fourth-order valence-electron chi connectivity index (χ4n) is 3.80. The molecule has 3 heterocycles. The zero-order valence-corrected chi connectivity index (χ0v) is 16.5. The van der Waals surface area contributed by atoms with E-state index >= 15 is 8.78 Å². The van der Waals surface area contributed by atoms with Gasteiger partial charge in [0.25, 0.3) is 0 Å². The molecule has 3 aromatic rings. The largest absolute Gasteiger partial charge is 0.335 e. The standard InChI is InChI=1S/C21H14ClF2N3OS/c22-19-7-13(10-29-19)12-5-15(23)20(16(24)6-12)18-9-26-21(28)27(18)14-2-1-11-3-4-25-17(11)8-14/h1-2,4-8,10,18H,3,9H2,(H,26,28). The second-order valence-corrected chi connectivity index (χ2v) is 8.44. The number of carbonyl (C=O) groups is 1. The van der Waals surface area contributed by atoms with Gasteiger partial charge in [-0.25, -0.2) is 13.6 Å². The lowest BCUT2D eigenvalue weighted by molar-refractivity contribution is 0.251. The Morgan fingerprint density at radius 1 is 1.14 bits per heavy atom. The Morgan fingerprint density at radius 3 is 2.66 bits per heavy atom. The van der Waals surface area contributed by atoms with Crippen molar-refractivity contribution >= 4 is 46.6 Å². The maximum Gasteiger partial charge on any atom is 0.322 e. The lowest BCUT2D eigenvalue weighted by Gasteiger charge is -2.25. The molecule has 1 N–H and O–H groups in total. The van der Waals surface area contributed by atoms with Crippen molar-refractivity contribution in [1.29, 1.82) is 0 Å². The number of rotatable bonds is 3. The van der Waals surface area contributed by atoms with Gasteiger partial charge in [-0.05, 0) is 47.0 Å². The van der Waals surface area contributed by atoms with Gasteiger partial charge < -0.3 is 5.32 Å². The molecular weight excluding hydrogens is 416 g/mol. The molecule has 0 radical (unpaired) electrons. The minimum atomic E-state index is -0.800. The number of hydrogen-bond acceptors (Lipinski definition) is 3. The average molecular weight is 430 g/mol.